The van der Waals surface area contributed by atoms with Crippen LogP contribution < -0.4 is 5.32 Å². The number of nitrogens with one attached hydrogen (secondary N) is 1. The number of carbonyl (C=O) groups is 4. The van der Waals surface area contributed by atoms with Crippen LogP contribution in [-0.2, 0) is 38.4 Å². The second-order valence-electron chi connectivity index (χ2n) is 10.1. The highest BCUT2D eigenvalue weighted by molar-refractivity contribution is 5.94. The summed E-state index contributed by atoms with van der Waals surface area (Å²) in [4.78, 5) is 56.4. The first-order valence-electron chi connectivity index (χ1n) is 13.2. The number of benzene rings is 2. The van der Waals surface area contributed by atoms with Gasteiger partial charge in [-0.05, 0) is 37.1 Å². The molecule has 0 spiro atoms. The van der Waals surface area contributed by atoms with E-state index in [-0.39, 0.29) is 37.7 Å². The average Bonchev–Trinajstić information content (AvgIpc) is 2.94. The van der Waals surface area contributed by atoms with E-state index in [4.69, 9.17) is 9.47 Å². The normalized spacial score (nSPS) is 20.6. The number of hydrogen-bond acceptors (Lipinski definition) is 6. The Labute approximate surface area is 240 Å². The molecule has 3 atom stereocenters. The summed E-state index contributed by atoms with van der Waals surface area (Å²) in [5, 5.41) is 2.41. The molecule has 1 N–H and O–H groups in total. The average molecular weight is 589 g/mol. The molecule has 0 saturated carbocycles. The van der Waals surface area contributed by atoms with Crippen molar-refractivity contribution in [2.75, 3.05) is 19.7 Å². The van der Waals surface area contributed by atoms with E-state index in [1.165, 1.54) is 40.7 Å². The Kier molecular flexibility index (Phi) is 9.08. The molecule has 0 unspecified atom stereocenters. The second kappa shape index (κ2) is 12.5. The fourth-order valence-electron chi connectivity index (χ4n) is 5.09. The zero-order valence-electron chi connectivity index (χ0n) is 23.1. The Morgan fingerprint density at radius 1 is 1.05 bits per heavy atom. The van der Waals surface area contributed by atoms with Crippen LogP contribution in [0.4, 0.5) is 22.8 Å². The summed E-state index contributed by atoms with van der Waals surface area (Å²) >= 11 is 0. The van der Waals surface area contributed by atoms with Gasteiger partial charge in [-0.3, -0.25) is 14.5 Å². The van der Waals surface area contributed by atoms with Crippen molar-refractivity contribution in [2.45, 2.75) is 51.4 Å². The monoisotopic (exact) mass is 588 g/mol. The van der Waals surface area contributed by atoms with Gasteiger partial charge in [0.05, 0.1) is 18.7 Å². The number of ether oxygens (including phenoxy) is 2. The summed E-state index contributed by atoms with van der Waals surface area (Å²) < 4.78 is 50.3. The molecule has 4 rings (SSSR count). The van der Waals surface area contributed by atoms with E-state index >= 15 is 0 Å². The molecule has 2 aliphatic rings. The van der Waals surface area contributed by atoms with Gasteiger partial charge in [-0.15, -0.1) is 0 Å². The van der Waals surface area contributed by atoms with E-state index in [9.17, 15) is 32.3 Å². The van der Waals surface area contributed by atoms with Crippen LogP contribution >= 0.6 is 0 Å². The summed E-state index contributed by atoms with van der Waals surface area (Å²) in [7, 11) is 0. The molecule has 224 valence electrons. The lowest BCUT2D eigenvalue weighted by Crippen LogP contribution is -2.75. The Morgan fingerprint density at radius 2 is 1.76 bits per heavy atom. The van der Waals surface area contributed by atoms with Crippen LogP contribution in [0.15, 0.2) is 61.2 Å². The first-order chi connectivity index (χ1) is 19.9. The fourth-order valence-corrected chi connectivity index (χ4v) is 5.09. The van der Waals surface area contributed by atoms with Crippen LogP contribution in [0.3, 0.4) is 0 Å². The van der Waals surface area contributed by atoms with E-state index in [0.29, 0.717) is 5.56 Å². The molecule has 2 heterocycles. The number of rotatable bonds is 7. The molecular weight excluding hydrogens is 557 g/mol. The van der Waals surface area contributed by atoms with Crippen LogP contribution in [0.25, 0.3) is 0 Å². The van der Waals surface area contributed by atoms with Gasteiger partial charge < -0.3 is 24.6 Å². The summed E-state index contributed by atoms with van der Waals surface area (Å²) in [6.07, 6.45) is -6.05. The molecule has 0 radical (unpaired) electrons. The van der Waals surface area contributed by atoms with Crippen molar-refractivity contribution in [2.24, 2.45) is 0 Å². The summed E-state index contributed by atoms with van der Waals surface area (Å²) in [5.41, 5.74) is 0.430. The maximum atomic E-state index is 13.5. The van der Waals surface area contributed by atoms with Crippen LogP contribution in [-0.4, -0.2) is 76.6 Å². The Morgan fingerprint density at radius 3 is 2.43 bits per heavy atom. The van der Waals surface area contributed by atoms with Gasteiger partial charge in [0.15, 0.2) is 0 Å². The zero-order chi connectivity index (χ0) is 30.6. The third-order valence-electron chi connectivity index (χ3n) is 6.98. The van der Waals surface area contributed by atoms with E-state index in [1.807, 2.05) is 30.3 Å². The molecule has 2 fully saturated rings. The largest absolute Gasteiger partial charge is 0.445 e. The van der Waals surface area contributed by atoms with Gasteiger partial charge in [0, 0.05) is 6.54 Å². The molecule has 4 amide bonds. The number of aryl methyl sites for hydroxylation is 1. The summed E-state index contributed by atoms with van der Waals surface area (Å²) in [5.74, 6) is -0.945. The topological polar surface area (TPSA) is 108 Å². The third-order valence-corrected chi connectivity index (χ3v) is 6.98. The van der Waals surface area contributed by atoms with Gasteiger partial charge in [-0.2, -0.15) is 13.2 Å². The van der Waals surface area contributed by atoms with Crippen LogP contribution in [0.1, 0.15) is 29.2 Å². The SMILES string of the molecule is C=CCOC(=O)N[C@H]1CN(C(=O)OCc2cc(C)cc(C(F)(F)F)c2)[C@H]2CN(Cc3ccccc3)C(=O)[C@H](C)N2C1=O. The fraction of sp³-hybridized carbons (Fsp3) is 0.379. The highest BCUT2D eigenvalue weighted by Gasteiger charge is 2.51. The Hall–Kier alpha value is -4.55. The van der Waals surface area contributed by atoms with Gasteiger partial charge in [0.2, 0.25) is 11.8 Å². The maximum Gasteiger partial charge on any atom is 0.416 e. The first kappa shape index (κ1) is 30.4. The summed E-state index contributed by atoms with van der Waals surface area (Å²) in [6, 6.07) is 10.3. The molecule has 0 aromatic heterocycles. The number of alkyl halides is 3. The Bertz CT molecular complexity index is 1350. The molecule has 2 aromatic carbocycles. The van der Waals surface area contributed by atoms with Crippen molar-refractivity contribution in [3.05, 3.63) is 83.4 Å². The minimum Gasteiger partial charge on any atom is -0.445 e. The van der Waals surface area contributed by atoms with Crippen molar-refractivity contribution in [3.8, 4) is 0 Å². The van der Waals surface area contributed by atoms with E-state index in [0.717, 1.165) is 17.7 Å². The minimum absolute atomic E-state index is 0.0464. The van der Waals surface area contributed by atoms with Gasteiger partial charge in [0.25, 0.3) is 0 Å². The smallest absolute Gasteiger partial charge is 0.416 e. The molecular formula is C29H31F3N4O6. The highest BCUT2D eigenvalue weighted by atomic mass is 19.4. The lowest BCUT2D eigenvalue weighted by molar-refractivity contribution is -0.169. The number of carbonyl (C=O) groups excluding carboxylic acids is 4. The molecule has 13 heteroatoms. The predicted molar refractivity (Wildman–Crippen MR) is 143 cm³/mol. The lowest BCUT2D eigenvalue weighted by Gasteiger charge is -2.52. The molecule has 0 aliphatic carbocycles. The molecule has 0 bridgehead atoms. The number of piperazine rings is 1. The quantitative estimate of drug-likeness (QED) is 0.493. The predicted octanol–water partition coefficient (Wildman–Crippen LogP) is 3.83. The number of nitrogens with zero attached hydrogens (tertiary/aromatic N) is 3. The highest BCUT2D eigenvalue weighted by Crippen LogP contribution is 2.31. The van der Waals surface area contributed by atoms with Gasteiger partial charge >= 0.3 is 18.4 Å². The second-order valence-corrected chi connectivity index (χ2v) is 10.1. The summed E-state index contributed by atoms with van der Waals surface area (Å²) in [6.45, 7) is 5.75. The van der Waals surface area contributed by atoms with Crippen molar-refractivity contribution < 1.29 is 41.8 Å². The number of hydrogen-bond donors (Lipinski definition) is 1. The molecule has 42 heavy (non-hydrogen) atoms. The van der Waals surface area contributed by atoms with Crippen molar-refractivity contribution in [1.29, 1.82) is 0 Å². The lowest BCUT2D eigenvalue weighted by atomic mass is 10.0. The number of halogens is 3. The maximum absolute atomic E-state index is 13.5. The van der Waals surface area contributed by atoms with Crippen LogP contribution in [0.2, 0.25) is 0 Å². The van der Waals surface area contributed by atoms with Gasteiger partial charge in [-0.25, -0.2) is 9.59 Å². The molecule has 2 saturated heterocycles. The molecule has 2 aromatic rings. The van der Waals surface area contributed by atoms with Crippen molar-refractivity contribution in [3.63, 3.8) is 0 Å². The van der Waals surface area contributed by atoms with Crippen LogP contribution in [0.5, 0.6) is 0 Å². The number of amides is 4. The van der Waals surface area contributed by atoms with Gasteiger partial charge in [0.1, 0.15) is 31.5 Å². The van der Waals surface area contributed by atoms with E-state index in [1.54, 1.807) is 0 Å². The third kappa shape index (κ3) is 6.84. The first-order valence-corrected chi connectivity index (χ1v) is 13.2. The molecule has 10 nitrogen and oxygen atoms in total. The number of alkyl carbamates (subject to hydrolysis) is 1. The number of fused-ring (bicyclic) bond motifs is 1. The zero-order valence-corrected chi connectivity index (χ0v) is 23.1. The van der Waals surface area contributed by atoms with E-state index < -0.39 is 54.7 Å². The van der Waals surface area contributed by atoms with Crippen molar-refractivity contribution >= 4 is 24.0 Å². The Balaban J connectivity index is 1.59. The van der Waals surface area contributed by atoms with Crippen molar-refractivity contribution in [1.82, 2.24) is 20.0 Å². The molecule has 2 aliphatic heterocycles. The van der Waals surface area contributed by atoms with E-state index in [2.05, 4.69) is 11.9 Å². The van der Waals surface area contributed by atoms with Gasteiger partial charge in [-0.1, -0.05) is 54.6 Å². The minimum atomic E-state index is -4.58. The standard InChI is InChI=1S/C29H31F3N4O6/c1-4-10-41-27(39)33-23-15-35(28(40)42-17-21-11-18(2)12-22(13-21)29(30,31)32)24-16-34(14-20-8-6-5-7-9-20)25(37)19(3)36(24)26(23)38/h4-9,11-13,19,23-24H,1,10,14-17H2,2-3H3,(H,33,39)/t19-,23-,24+/m0/s1. The van der Waals surface area contributed by atoms with Crippen LogP contribution in [0, 0.1) is 6.92 Å².